The van der Waals surface area contributed by atoms with E-state index in [-0.39, 0.29) is 12.0 Å². The summed E-state index contributed by atoms with van der Waals surface area (Å²) in [5.41, 5.74) is 1.27. The monoisotopic (exact) mass is 395 g/mol. The molecule has 29 heavy (non-hydrogen) atoms. The van der Waals surface area contributed by atoms with Crippen molar-refractivity contribution < 1.29 is 9.32 Å². The van der Waals surface area contributed by atoms with Crippen LogP contribution in [0.1, 0.15) is 38.1 Å². The lowest BCUT2D eigenvalue weighted by molar-refractivity contribution is -0.135. The Labute approximate surface area is 171 Å². The fourth-order valence-electron chi connectivity index (χ4n) is 4.99. The lowest BCUT2D eigenvalue weighted by atomic mass is 9.91. The van der Waals surface area contributed by atoms with Gasteiger partial charge in [-0.1, -0.05) is 35.5 Å². The predicted molar refractivity (Wildman–Crippen MR) is 109 cm³/mol. The lowest BCUT2D eigenvalue weighted by Gasteiger charge is -2.37. The predicted octanol–water partition coefficient (Wildman–Crippen LogP) is 2.33. The van der Waals surface area contributed by atoms with Crippen molar-refractivity contribution in [3.63, 3.8) is 0 Å². The third-order valence-electron chi connectivity index (χ3n) is 7.09. The number of hydrogen-bond acceptors (Lipinski definition) is 6. The van der Waals surface area contributed by atoms with Gasteiger partial charge >= 0.3 is 0 Å². The number of hydrogen-bond donors (Lipinski definition) is 1. The number of carbonyl (C=O) groups excluding carboxylic acids is 1. The Hall–Kier alpha value is -2.25. The molecule has 154 valence electrons. The van der Waals surface area contributed by atoms with Gasteiger partial charge in [-0.15, -0.1) is 0 Å². The third kappa shape index (κ3) is 3.57. The maximum Gasteiger partial charge on any atom is 0.244 e. The minimum absolute atomic E-state index is 0.0499. The quantitative estimate of drug-likeness (QED) is 0.857. The summed E-state index contributed by atoms with van der Waals surface area (Å²) in [7, 11) is 0. The number of piperidine rings is 1. The van der Waals surface area contributed by atoms with Crippen LogP contribution in [0.4, 0.5) is 0 Å². The fraction of sp³-hybridized carbons (Fsp3) is 0.591. The number of piperazine rings is 1. The summed E-state index contributed by atoms with van der Waals surface area (Å²) in [6.07, 6.45) is 3.40. The van der Waals surface area contributed by atoms with Crippen molar-refractivity contribution in [1.29, 1.82) is 0 Å². The van der Waals surface area contributed by atoms with Gasteiger partial charge in [0.1, 0.15) is 0 Å². The van der Waals surface area contributed by atoms with E-state index in [1.807, 2.05) is 30.3 Å². The first kappa shape index (κ1) is 18.8. The van der Waals surface area contributed by atoms with E-state index in [9.17, 15) is 4.79 Å². The van der Waals surface area contributed by atoms with Gasteiger partial charge in [0.15, 0.2) is 0 Å². The Morgan fingerprint density at radius 2 is 1.90 bits per heavy atom. The molecule has 1 saturated carbocycles. The van der Waals surface area contributed by atoms with Gasteiger partial charge in [0.05, 0.1) is 6.04 Å². The second kappa shape index (κ2) is 7.54. The van der Waals surface area contributed by atoms with Crippen molar-refractivity contribution in [2.45, 2.75) is 32.2 Å². The van der Waals surface area contributed by atoms with Gasteiger partial charge in [0, 0.05) is 37.7 Å². The van der Waals surface area contributed by atoms with Gasteiger partial charge in [0.25, 0.3) is 0 Å². The van der Waals surface area contributed by atoms with Crippen molar-refractivity contribution >= 4 is 5.91 Å². The Morgan fingerprint density at radius 1 is 1.17 bits per heavy atom. The Morgan fingerprint density at radius 3 is 2.62 bits per heavy atom. The number of benzene rings is 1. The Bertz CT molecular complexity index is 853. The first-order chi connectivity index (χ1) is 14.2. The molecule has 1 aromatic carbocycles. The number of aromatic nitrogens is 2. The van der Waals surface area contributed by atoms with Gasteiger partial charge in [-0.25, -0.2) is 0 Å². The normalized spacial score (nSPS) is 25.1. The topological polar surface area (TPSA) is 74.5 Å². The highest BCUT2D eigenvalue weighted by Crippen LogP contribution is 2.59. The molecule has 3 fully saturated rings. The summed E-state index contributed by atoms with van der Waals surface area (Å²) in [6, 6.07) is 9.93. The number of carbonyl (C=O) groups is 1. The van der Waals surface area contributed by atoms with E-state index < -0.39 is 0 Å². The van der Waals surface area contributed by atoms with E-state index in [1.54, 1.807) is 0 Å². The van der Waals surface area contributed by atoms with E-state index in [0.29, 0.717) is 23.0 Å². The molecule has 7 nitrogen and oxygen atoms in total. The van der Waals surface area contributed by atoms with E-state index >= 15 is 0 Å². The average molecular weight is 396 g/mol. The van der Waals surface area contributed by atoms with Crippen LogP contribution in [0.15, 0.2) is 34.9 Å². The highest BCUT2D eigenvalue weighted by atomic mass is 16.5. The summed E-state index contributed by atoms with van der Waals surface area (Å²) in [5.74, 6) is 1.91. The Kier molecular flexibility index (Phi) is 4.87. The molecule has 1 amide bonds. The smallest absolute Gasteiger partial charge is 0.244 e. The first-order valence-corrected chi connectivity index (χ1v) is 10.8. The van der Waals surface area contributed by atoms with Crippen LogP contribution in [0.25, 0.3) is 11.4 Å². The number of nitrogens with one attached hydrogen (secondary N) is 1. The fourth-order valence-corrected chi connectivity index (χ4v) is 4.99. The summed E-state index contributed by atoms with van der Waals surface area (Å²) >= 11 is 0. The highest BCUT2D eigenvalue weighted by molar-refractivity contribution is 5.83. The summed E-state index contributed by atoms with van der Waals surface area (Å²) < 4.78 is 5.54. The molecule has 2 aromatic rings. The zero-order valence-corrected chi connectivity index (χ0v) is 17.0. The molecule has 1 spiro atoms. The van der Waals surface area contributed by atoms with Crippen molar-refractivity contribution in [2.75, 3.05) is 39.3 Å². The van der Waals surface area contributed by atoms with Crippen LogP contribution in [-0.4, -0.2) is 65.1 Å². The molecule has 0 bridgehead atoms. The van der Waals surface area contributed by atoms with E-state index in [2.05, 4.69) is 32.2 Å². The Balaban J connectivity index is 1.17. The highest BCUT2D eigenvalue weighted by Gasteiger charge is 2.58. The molecule has 2 saturated heterocycles. The molecular weight excluding hydrogens is 366 g/mol. The van der Waals surface area contributed by atoms with Crippen molar-refractivity contribution in [2.24, 2.45) is 11.3 Å². The minimum atomic E-state index is 0.0499. The van der Waals surface area contributed by atoms with Gasteiger partial charge in [-0.3, -0.25) is 9.69 Å². The summed E-state index contributed by atoms with van der Waals surface area (Å²) in [4.78, 5) is 22.0. The van der Waals surface area contributed by atoms with E-state index in [1.165, 1.54) is 0 Å². The van der Waals surface area contributed by atoms with Crippen LogP contribution in [0, 0.1) is 11.3 Å². The van der Waals surface area contributed by atoms with Gasteiger partial charge in [-0.05, 0) is 44.7 Å². The first-order valence-electron chi connectivity index (χ1n) is 10.8. The molecule has 1 aliphatic carbocycles. The molecule has 5 rings (SSSR count). The molecule has 3 heterocycles. The second-order valence-electron chi connectivity index (χ2n) is 8.73. The molecule has 2 aliphatic heterocycles. The van der Waals surface area contributed by atoms with Gasteiger partial charge in [0.2, 0.25) is 17.6 Å². The van der Waals surface area contributed by atoms with E-state index in [0.717, 1.165) is 64.1 Å². The maximum absolute atomic E-state index is 13.0. The minimum Gasteiger partial charge on any atom is -0.340 e. The van der Waals surface area contributed by atoms with Crippen molar-refractivity contribution in [3.05, 3.63) is 36.2 Å². The van der Waals surface area contributed by atoms with Crippen LogP contribution in [0.3, 0.4) is 0 Å². The van der Waals surface area contributed by atoms with Crippen LogP contribution in [0.2, 0.25) is 0 Å². The number of nitrogens with zero attached hydrogens (tertiary/aromatic N) is 4. The van der Waals surface area contributed by atoms with Crippen molar-refractivity contribution in [3.8, 4) is 11.4 Å². The third-order valence-corrected chi connectivity index (χ3v) is 7.09. The lowest BCUT2D eigenvalue weighted by Crippen LogP contribution is -2.50. The zero-order chi connectivity index (χ0) is 19.8. The molecule has 0 radical (unpaired) electrons. The molecule has 1 aromatic heterocycles. The summed E-state index contributed by atoms with van der Waals surface area (Å²) in [6.45, 7) is 7.48. The zero-order valence-electron chi connectivity index (χ0n) is 17.0. The molecule has 1 N–H and O–H groups in total. The standard InChI is InChI=1S/C22H29N5O2/c1-16(20-24-19(25-29-20)17-5-3-2-4-6-17)26-11-13-27(14-12-26)21(28)18-15-22(18)7-9-23-10-8-22/h2-6,16,18,23H,7-15H2,1H3. The molecule has 7 heteroatoms. The molecule has 2 atom stereocenters. The average Bonchev–Trinajstić information content (AvgIpc) is 3.23. The van der Waals surface area contributed by atoms with Crippen LogP contribution in [-0.2, 0) is 4.79 Å². The van der Waals surface area contributed by atoms with Crippen LogP contribution < -0.4 is 5.32 Å². The van der Waals surface area contributed by atoms with Gasteiger partial charge in [-0.2, -0.15) is 4.98 Å². The van der Waals surface area contributed by atoms with E-state index in [4.69, 9.17) is 4.52 Å². The van der Waals surface area contributed by atoms with Crippen LogP contribution >= 0.6 is 0 Å². The van der Waals surface area contributed by atoms with Crippen LogP contribution in [0.5, 0.6) is 0 Å². The van der Waals surface area contributed by atoms with Crippen molar-refractivity contribution in [1.82, 2.24) is 25.3 Å². The van der Waals surface area contributed by atoms with Gasteiger partial charge < -0.3 is 14.7 Å². The number of amides is 1. The second-order valence-corrected chi connectivity index (χ2v) is 8.73. The molecule has 3 aliphatic rings. The SMILES string of the molecule is CC(c1nc(-c2ccccc2)no1)N1CCN(C(=O)C2CC23CCNCC3)CC1. The maximum atomic E-state index is 13.0. The summed E-state index contributed by atoms with van der Waals surface area (Å²) in [5, 5.41) is 7.56. The molecule has 2 unspecified atom stereocenters. The number of rotatable bonds is 4. The largest absolute Gasteiger partial charge is 0.340 e. The molecular formula is C22H29N5O2.